The van der Waals surface area contributed by atoms with Gasteiger partial charge in [0.05, 0.1) is 10.9 Å². The highest BCUT2D eigenvalue weighted by Crippen LogP contribution is 2.30. The van der Waals surface area contributed by atoms with Gasteiger partial charge in [-0.15, -0.1) is 11.3 Å². The smallest absolute Gasteiger partial charge is 0.291 e. The van der Waals surface area contributed by atoms with Gasteiger partial charge in [-0.2, -0.15) is 5.10 Å². The van der Waals surface area contributed by atoms with Crippen LogP contribution >= 0.6 is 33.9 Å². The van der Waals surface area contributed by atoms with Gasteiger partial charge in [-0.3, -0.25) is 4.79 Å². The second-order valence-electron chi connectivity index (χ2n) is 3.71. The quantitative estimate of drug-likeness (QED) is 0.624. The molecule has 3 heterocycles. The highest BCUT2D eigenvalue weighted by atomic mass is 127. The number of halogens is 1. The van der Waals surface area contributed by atoms with E-state index in [1.807, 2.05) is 18.5 Å². The molecule has 0 aromatic carbocycles. The van der Waals surface area contributed by atoms with Crippen molar-refractivity contribution in [3.63, 3.8) is 0 Å². The van der Waals surface area contributed by atoms with E-state index in [1.165, 1.54) is 4.68 Å². The van der Waals surface area contributed by atoms with Gasteiger partial charge in [-0.1, -0.05) is 0 Å². The fourth-order valence-electron chi connectivity index (χ4n) is 1.99. The standard InChI is InChI=1S/C10H9IN4OS/c1-3-15-9(16)6-5(4-12-15)7-8(14(6)2)13-10(11)17-7/h4H,3H2,1-2H3. The van der Waals surface area contributed by atoms with Gasteiger partial charge in [0.2, 0.25) is 0 Å². The summed E-state index contributed by atoms with van der Waals surface area (Å²) in [7, 11) is 1.88. The maximum absolute atomic E-state index is 12.2. The Morgan fingerprint density at radius 2 is 2.29 bits per heavy atom. The lowest BCUT2D eigenvalue weighted by Gasteiger charge is -2.01. The van der Waals surface area contributed by atoms with E-state index in [9.17, 15) is 4.79 Å². The van der Waals surface area contributed by atoms with Crippen LogP contribution in [0.1, 0.15) is 6.92 Å². The lowest BCUT2D eigenvalue weighted by Crippen LogP contribution is -2.22. The Kier molecular flexibility index (Phi) is 2.47. The molecule has 0 spiro atoms. The van der Waals surface area contributed by atoms with Crippen molar-refractivity contribution in [3.05, 3.63) is 19.6 Å². The van der Waals surface area contributed by atoms with E-state index < -0.39 is 0 Å². The van der Waals surface area contributed by atoms with E-state index in [2.05, 4.69) is 32.7 Å². The van der Waals surface area contributed by atoms with E-state index in [-0.39, 0.29) is 5.56 Å². The Hall–Kier alpha value is -0.960. The van der Waals surface area contributed by atoms with Gasteiger partial charge < -0.3 is 4.57 Å². The summed E-state index contributed by atoms with van der Waals surface area (Å²) in [4.78, 5) is 16.6. The van der Waals surface area contributed by atoms with Crippen LogP contribution in [-0.2, 0) is 13.6 Å². The lowest BCUT2D eigenvalue weighted by molar-refractivity contribution is 0.620. The number of hydrogen-bond acceptors (Lipinski definition) is 4. The van der Waals surface area contributed by atoms with E-state index in [0.717, 1.165) is 18.7 Å². The van der Waals surface area contributed by atoms with Crippen molar-refractivity contribution in [2.75, 3.05) is 0 Å². The summed E-state index contributed by atoms with van der Waals surface area (Å²) in [6.45, 7) is 2.49. The van der Waals surface area contributed by atoms with Crippen molar-refractivity contribution < 1.29 is 0 Å². The molecule has 0 atom stereocenters. The minimum Gasteiger partial charge on any atom is -0.323 e. The molecule has 0 N–H and O–H groups in total. The molecule has 0 aliphatic heterocycles. The van der Waals surface area contributed by atoms with Gasteiger partial charge in [0.25, 0.3) is 5.56 Å². The third kappa shape index (κ3) is 1.45. The third-order valence-electron chi connectivity index (χ3n) is 2.80. The number of aryl methyl sites for hydroxylation is 2. The van der Waals surface area contributed by atoms with Crippen LogP contribution in [0.15, 0.2) is 11.0 Å². The van der Waals surface area contributed by atoms with E-state index in [0.29, 0.717) is 12.1 Å². The SMILES string of the molecule is CCn1ncc2c3sc(I)nc3n(C)c2c1=O. The van der Waals surface area contributed by atoms with Crippen LogP contribution in [0.25, 0.3) is 21.3 Å². The predicted molar refractivity (Wildman–Crippen MR) is 76.5 cm³/mol. The average Bonchev–Trinajstić information content (AvgIpc) is 2.79. The molecular formula is C10H9IN4OS. The summed E-state index contributed by atoms with van der Waals surface area (Å²) in [5.74, 6) is 0. The molecule has 0 aliphatic carbocycles. The molecule has 17 heavy (non-hydrogen) atoms. The molecule has 3 rings (SSSR count). The van der Waals surface area contributed by atoms with E-state index in [4.69, 9.17) is 0 Å². The fraction of sp³-hybridized carbons (Fsp3) is 0.300. The summed E-state index contributed by atoms with van der Waals surface area (Å²) >= 11 is 3.78. The van der Waals surface area contributed by atoms with Crippen LogP contribution in [0.4, 0.5) is 0 Å². The summed E-state index contributed by atoms with van der Waals surface area (Å²) < 4.78 is 5.35. The molecule has 0 aliphatic rings. The second kappa shape index (κ2) is 3.77. The summed E-state index contributed by atoms with van der Waals surface area (Å²) in [6, 6.07) is 0. The van der Waals surface area contributed by atoms with Gasteiger partial charge in [0.1, 0.15) is 5.52 Å². The molecule has 0 fully saturated rings. The molecule has 0 saturated carbocycles. The predicted octanol–water partition coefficient (Wildman–Crippen LogP) is 1.97. The Balaban J connectivity index is 2.58. The molecule has 0 amide bonds. The van der Waals surface area contributed by atoms with Crippen LogP contribution in [0.3, 0.4) is 0 Å². The van der Waals surface area contributed by atoms with Crippen LogP contribution in [0.5, 0.6) is 0 Å². The van der Waals surface area contributed by atoms with Gasteiger partial charge in [-0.05, 0) is 29.5 Å². The molecule has 5 nitrogen and oxygen atoms in total. The number of thiazole rings is 1. The Bertz CT molecular complexity index is 785. The second-order valence-corrected chi connectivity index (χ2v) is 6.46. The van der Waals surface area contributed by atoms with Crippen molar-refractivity contribution >= 4 is 55.2 Å². The van der Waals surface area contributed by atoms with Crippen LogP contribution in [0, 0.1) is 3.01 Å². The topological polar surface area (TPSA) is 52.7 Å². The zero-order valence-electron chi connectivity index (χ0n) is 9.27. The first-order valence-corrected chi connectivity index (χ1v) is 7.03. The molecule has 88 valence electrons. The van der Waals surface area contributed by atoms with Gasteiger partial charge in [-0.25, -0.2) is 9.67 Å². The molecule has 7 heteroatoms. The normalized spacial score (nSPS) is 11.7. The van der Waals surface area contributed by atoms with Gasteiger partial charge in [0.15, 0.2) is 8.66 Å². The lowest BCUT2D eigenvalue weighted by atomic mass is 10.3. The third-order valence-corrected chi connectivity index (χ3v) is 4.57. The van der Waals surface area contributed by atoms with Crippen molar-refractivity contribution in [3.8, 4) is 0 Å². The van der Waals surface area contributed by atoms with Crippen LogP contribution in [0.2, 0.25) is 0 Å². The largest absolute Gasteiger partial charge is 0.323 e. The first-order valence-electron chi connectivity index (χ1n) is 5.14. The molecule has 3 aromatic heterocycles. The maximum Gasteiger partial charge on any atom is 0.291 e. The first-order chi connectivity index (χ1) is 8.13. The fourth-order valence-corrected chi connectivity index (χ4v) is 3.71. The van der Waals surface area contributed by atoms with Crippen LogP contribution < -0.4 is 5.56 Å². The van der Waals surface area contributed by atoms with E-state index >= 15 is 0 Å². The van der Waals surface area contributed by atoms with Crippen molar-refractivity contribution in [2.45, 2.75) is 13.5 Å². The number of fused-ring (bicyclic) bond motifs is 3. The number of nitrogens with zero attached hydrogens (tertiary/aromatic N) is 4. The zero-order valence-corrected chi connectivity index (χ0v) is 12.2. The molecule has 0 unspecified atom stereocenters. The minimum absolute atomic E-state index is 0.0484. The summed E-state index contributed by atoms with van der Waals surface area (Å²) in [5, 5.41) is 5.07. The Labute approximate surface area is 114 Å². The monoisotopic (exact) mass is 360 g/mol. The van der Waals surface area contributed by atoms with Crippen molar-refractivity contribution in [1.82, 2.24) is 19.3 Å². The van der Waals surface area contributed by atoms with Crippen molar-refractivity contribution in [2.24, 2.45) is 7.05 Å². The highest BCUT2D eigenvalue weighted by molar-refractivity contribution is 14.1. The molecule has 0 radical (unpaired) electrons. The Morgan fingerprint density at radius 1 is 1.53 bits per heavy atom. The van der Waals surface area contributed by atoms with E-state index in [1.54, 1.807) is 17.5 Å². The molecule has 3 aromatic rings. The Morgan fingerprint density at radius 3 is 3.00 bits per heavy atom. The molecule has 0 bridgehead atoms. The summed E-state index contributed by atoms with van der Waals surface area (Å²) in [6.07, 6.45) is 1.76. The number of rotatable bonds is 1. The summed E-state index contributed by atoms with van der Waals surface area (Å²) in [5.41, 5.74) is 1.50. The zero-order chi connectivity index (χ0) is 12.2. The minimum atomic E-state index is -0.0484. The van der Waals surface area contributed by atoms with Gasteiger partial charge >= 0.3 is 0 Å². The first kappa shape index (κ1) is 11.1. The van der Waals surface area contributed by atoms with Crippen LogP contribution in [-0.4, -0.2) is 19.3 Å². The highest BCUT2D eigenvalue weighted by Gasteiger charge is 2.16. The van der Waals surface area contributed by atoms with Gasteiger partial charge in [0, 0.05) is 19.0 Å². The number of hydrogen-bond donors (Lipinski definition) is 0. The number of aromatic nitrogens is 4. The molecule has 0 saturated heterocycles. The van der Waals surface area contributed by atoms with Crippen molar-refractivity contribution in [1.29, 1.82) is 0 Å². The molecular weight excluding hydrogens is 351 g/mol. The maximum atomic E-state index is 12.2. The average molecular weight is 360 g/mol.